The highest BCUT2D eigenvalue weighted by Gasteiger charge is 2.33. The van der Waals surface area contributed by atoms with Gasteiger partial charge in [-0.1, -0.05) is 48.5 Å². The number of nitrogens with one attached hydrogen (secondary N) is 1. The van der Waals surface area contributed by atoms with E-state index in [1.165, 1.54) is 0 Å². The normalized spacial score (nSPS) is 16.3. The number of nitrogens with zero attached hydrogens (tertiary/aromatic N) is 1. The van der Waals surface area contributed by atoms with E-state index < -0.39 is 18.0 Å². The molecule has 0 aliphatic carbocycles. The lowest BCUT2D eigenvalue weighted by Gasteiger charge is -2.26. The zero-order chi connectivity index (χ0) is 25.1. The van der Waals surface area contributed by atoms with E-state index in [0.717, 1.165) is 16.3 Å². The van der Waals surface area contributed by atoms with Crippen molar-refractivity contribution in [1.29, 1.82) is 5.26 Å². The molecule has 178 valence electrons. The summed E-state index contributed by atoms with van der Waals surface area (Å²) in [6.45, 7) is 0.411. The lowest BCUT2D eigenvalue weighted by Crippen LogP contribution is -2.28. The van der Waals surface area contributed by atoms with Crippen molar-refractivity contribution in [1.82, 2.24) is 5.32 Å². The Morgan fingerprint density at radius 3 is 2.53 bits per heavy atom. The van der Waals surface area contributed by atoms with Gasteiger partial charge in [-0.15, -0.1) is 0 Å². The van der Waals surface area contributed by atoms with Gasteiger partial charge in [0, 0.05) is 30.2 Å². The minimum atomic E-state index is -0.997. The van der Waals surface area contributed by atoms with Gasteiger partial charge in [0.05, 0.1) is 5.92 Å². The summed E-state index contributed by atoms with van der Waals surface area (Å²) >= 11 is 0. The molecule has 1 aliphatic rings. The Morgan fingerprint density at radius 1 is 1.00 bits per heavy atom. The van der Waals surface area contributed by atoms with Crippen LogP contribution in [0.4, 0.5) is 0 Å². The Kier molecular flexibility index (Phi) is 6.25. The topological polar surface area (TPSA) is 109 Å². The maximum atomic E-state index is 12.7. The standard InChI is InChI=1S/C29H22N2O5/c30-16-23-14-26(29(33)34)25-13-12-22(15-27(25)36-23)35-21-10-8-19(9-11-21)28(32)31-17-20-6-3-5-18-4-1-2-7-24(18)20/h1-13,15,23,26H,14,17H2,(H,31,32)(H,33,34). The Bertz CT molecular complexity index is 1480. The molecule has 0 saturated carbocycles. The molecule has 4 aromatic carbocycles. The number of carbonyl (C=O) groups is 2. The number of carboxylic acids is 1. The summed E-state index contributed by atoms with van der Waals surface area (Å²) < 4.78 is 11.5. The molecule has 0 fully saturated rings. The van der Waals surface area contributed by atoms with Crippen LogP contribution >= 0.6 is 0 Å². The van der Waals surface area contributed by atoms with Crippen LogP contribution in [0.5, 0.6) is 17.2 Å². The number of ether oxygens (including phenoxy) is 2. The van der Waals surface area contributed by atoms with Crippen molar-refractivity contribution in [2.45, 2.75) is 25.0 Å². The largest absolute Gasteiger partial charge is 0.481 e. The number of hydrogen-bond acceptors (Lipinski definition) is 5. The van der Waals surface area contributed by atoms with Gasteiger partial charge in [0.15, 0.2) is 6.10 Å². The molecule has 2 unspecified atom stereocenters. The Hall–Kier alpha value is -4.83. The quantitative estimate of drug-likeness (QED) is 0.384. The van der Waals surface area contributed by atoms with Crippen LogP contribution in [0, 0.1) is 11.3 Å². The highest BCUT2D eigenvalue weighted by Crippen LogP contribution is 2.39. The van der Waals surface area contributed by atoms with Crippen molar-refractivity contribution in [2.75, 3.05) is 0 Å². The fourth-order valence-electron chi connectivity index (χ4n) is 4.36. The monoisotopic (exact) mass is 478 g/mol. The van der Waals surface area contributed by atoms with Crippen molar-refractivity contribution in [3.63, 3.8) is 0 Å². The summed E-state index contributed by atoms with van der Waals surface area (Å²) in [7, 11) is 0. The SMILES string of the molecule is N#CC1CC(C(=O)O)c2ccc(Oc3ccc(C(=O)NCc4cccc5ccccc45)cc3)cc2O1. The molecule has 1 amide bonds. The molecule has 7 heteroatoms. The van der Waals surface area contributed by atoms with Crippen LogP contribution in [0.3, 0.4) is 0 Å². The summed E-state index contributed by atoms with van der Waals surface area (Å²) in [5.41, 5.74) is 2.05. The number of carbonyl (C=O) groups excluding carboxylic acids is 1. The average molecular weight is 479 g/mol. The average Bonchev–Trinajstić information content (AvgIpc) is 2.91. The lowest BCUT2D eigenvalue weighted by molar-refractivity contribution is -0.139. The van der Waals surface area contributed by atoms with Crippen molar-refractivity contribution in [2.24, 2.45) is 0 Å². The third kappa shape index (κ3) is 4.70. The predicted molar refractivity (Wildman–Crippen MR) is 133 cm³/mol. The zero-order valence-electron chi connectivity index (χ0n) is 19.2. The van der Waals surface area contributed by atoms with Gasteiger partial charge in [-0.3, -0.25) is 9.59 Å². The Morgan fingerprint density at radius 2 is 1.75 bits per heavy atom. The maximum absolute atomic E-state index is 12.7. The third-order valence-electron chi connectivity index (χ3n) is 6.19. The highest BCUT2D eigenvalue weighted by atomic mass is 16.5. The van der Waals surface area contributed by atoms with Gasteiger partial charge in [0.25, 0.3) is 5.91 Å². The first kappa shape index (κ1) is 22.9. The van der Waals surface area contributed by atoms with Crippen molar-refractivity contribution >= 4 is 22.6 Å². The van der Waals surface area contributed by atoms with E-state index >= 15 is 0 Å². The summed E-state index contributed by atoms with van der Waals surface area (Å²) in [4.78, 5) is 24.3. The van der Waals surface area contributed by atoms with Gasteiger partial charge in [-0.2, -0.15) is 5.26 Å². The van der Waals surface area contributed by atoms with Crippen LogP contribution in [0.25, 0.3) is 10.8 Å². The molecule has 1 heterocycles. The van der Waals surface area contributed by atoms with Gasteiger partial charge in [-0.25, -0.2) is 0 Å². The van der Waals surface area contributed by atoms with Crippen LogP contribution in [-0.2, 0) is 11.3 Å². The minimum absolute atomic E-state index is 0.100. The van der Waals surface area contributed by atoms with E-state index in [0.29, 0.717) is 34.9 Å². The summed E-state index contributed by atoms with van der Waals surface area (Å²) in [5.74, 6) is -0.740. The number of hydrogen-bond donors (Lipinski definition) is 2. The molecule has 36 heavy (non-hydrogen) atoms. The summed E-state index contributed by atoms with van der Waals surface area (Å²) in [6.07, 6.45) is -0.733. The maximum Gasteiger partial charge on any atom is 0.311 e. The number of rotatable bonds is 6. The van der Waals surface area contributed by atoms with Crippen LogP contribution in [-0.4, -0.2) is 23.1 Å². The fourth-order valence-corrected chi connectivity index (χ4v) is 4.36. The van der Waals surface area contributed by atoms with E-state index in [2.05, 4.69) is 5.32 Å². The molecule has 0 radical (unpaired) electrons. The van der Waals surface area contributed by atoms with Crippen molar-refractivity contribution < 1.29 is 24.2 Å². The van der Waals surface area contributed by atoms with E-state index in [9.17, 15) is 20.0 Å². The lowest BCUT2D eigenvalue weighted by atomic mass is 9.90. The molecule has 0 aromatic heterocycles. The van der Waals surface area contributed by atoms with Gasteiger partial charge < -0.3 is 19.9 Å². The molecular weight excluding hydrogens is 456 g/mol. The molecule has 2 atom stereocenters. The number of nitriles is 1. The number of carboxylic acid groups (broad SMARTS) is 1. The summed E-state index contributed by atoms with van der Waals surface area (Å²) in [6, 6.07) is 27.7. The van der Waals surface area contributed by atoms with Crippen molar-refractivity contribution in [3.05, 3.63) is 102 Å². The smallest absolute Gasteiger partial charge is 0.311 e. The zero-order valence-corrected chi connectivity index (χ0v) is 19.2. The summed E-state index contributed by atoms with van der Waals surface area (Å²) in [5, 5.41) is 23.9. The Balaban J connectivity index is 1.26. The fraction of sp³-hybridized carbons (Fsp3) is 0.138. The predicted octanol–water partition coefficient (Wildman–Crippen LogP) is 5.40. The molecule has 0 spiro atoms. The molecule has 2 N–H and O–H groups in total. The van der Waals surface area contributed by atoms with Crippen LogP contribution < -0.4 is 14.8 Å². The number of amides is 1. The van der Waals surface area contributed by atoms with Crippen LogP contribution in [0.15, 0.2) is 84.9 Å². The van der Waals surface area contributed by atoms with Crippen LogP contribution in [0.1, 0.15) is 33.8 Å². The molecule has 0 bridgehead atoms. The highest BCUT2D eigenvalue weighted by molar-refractivity contribution is 5.94. The molecule has 0 saturated heterocycles. The molecular formula is C29H22N2O5. The second-order valence-corrected chi connectivity index (χ2v) is 8.51. The molecule has 1 aliphatic heterocycles. The first-order valence-corrected chi connectivity index (χ1v) is 11.5. The van der Waals surface area contributed by atoms with E-state index in [1.807, 2.05) is 48.5 Å². The van der Waals surface area contributed by atoms with Gasteiger partial charge in [0.2, 0.25) is 0 Å². The number of aliphatic carboxylic acids is 1. The van der Waals surface area contributed by atoms with Crippen LogP contribution in [0.2, 0.25) is 0 Å². The van der Waals surface area contributed by atoms with Gasteiger partial charge in [0.1, 0.15) is 23.3 Å². The van der Waals surface area contributed by atoms with Gasteiger partial charge in [-0.05, 0) is 46.7 Å². The molecule has 5 rings (SSSR count). The Labute approximate surface area is 207 Å². The van der Waals surface area contributed by atoms with E-state index in [1.54, 1.807) is 42.5 Å². The molecule has 7 nitrogen and oxygen atoms in total. The van der Waals surface area contributed by atoms with E-state index in [4.69, 9.17) is 9.47 Å². The number of benzene rings is 4. The van der Waals surface area contributed by atoms with E-state index in [-0.39, 0.29) is 12.3 Å². The second kappa shape index (κ2) is 9.80. The third-order valence-corrected chi connectivity index (χ3v) is 6.19. The molecule has 4 aromatic rings. The van der Waals surface area contributed by atoms with Crippen molar-refractivity contribution in [3.8, 4) is 23.3 Å². The van der Waals surface area contributed by atoms with Gasteiger partial charge >= 0.3 is 5.97 Å². The number of fused-ring (bicyclic) bond motifs is 2. The first-order valence-electron chi connectivity index (χ1n) is 11.5. The second-order valence-electron chi connectivity index (χ2n) is 8.51. The first-order chi connectivity index (χ1) is 17.5. The minimum Gasteiger partial charge on any atom is -0.481 e.